The molecule has 0 heterocycles. The van der Waals surface area contributed by atoms with E-state index < -0.39 is 12.0 Å². The Morgan fingerprint density at radius 2 is 2.12 bits per heavy atom. The second-order valence-corrected chi connectivity index (χ2v) is 5.01. The summed E-state index contributed by atoms with van der Waals surface area (Å²) in [6, 6.07) is -0.756. The van der Waals surface area contributed by atoms with E-state index in [-0.39, 0.29) is 17.7 Å². The fraction of sp³-hybridized carbons (Fsp3) is 0.692. The summed E-state index contributed by atoms with van der Waals surface area (Å²) in [5, 5.41) is 11.7. The van der Waals surface area contributed by atoms with Crippen LogP contribution in [-0.4, -0.2) is 23.0 Å². The van der Waals surface area contributed by atoms with Crippen molar-refractivity contribution in [3.63, 3.8) is 0 Å². The van der Waals surface area contributed by atoms with Gasteiger partial charge in [0, 0.05) is 5.92 Å². The number of hydrogen-bond acceptors (Lipinski definition) is 2. The van der Waals surface area contributed by atoms with Crippen molar-refractivity contribution in [2.75, 3.05) is 0 Å². The van der Waals surface area contributed by atoms with Crippen LogP contribution in [0, 0.1) is 11.8 Å². The first kappa shape index (κ1) is 13.7. The number of carboxylic acid groups (broad SMARTS) is 1. The Bertz CT molecular complexity index is 310. The number of carbonyl (C=O) groups excluding carboxylic acids is 1. The van der Waals surface area contributed by atoms with Gasteiger partial charge in [-0.25, -0.2) is 4.79 Å². The van der Waals surface area contributed by atoms with Crippen LogP contribution in [0.25, 0.3) is 0 Å². The minimum Gasteiger partial charge on any atom is -0.480 e. The molecule has 4 heteroatoms. The van der Waals surface area contributed by atoms with Gasteiger partial charge in [0.05, 0.1) is 0 Å². The predicted molar refractivity (Wildman–Crippen MR) is 65.5 cm³/mol. The Morgan fingerprint density at radius 1 is 1.41 bits per heavy atom. The zero-order valence-corrected chi connectivity index (χ0v) is 10.5. The van der Waals surface area contributed by atoms with Gasteiger partial charge in [0.25, 0.3) is 0 Å². The minimum atomic E-state index is -0.946. The Morgan fingerprint density at radius 3 is 2.59 bits per heavy atom. The van der Waals surface area contributed by atoms with Crippen LogP contribution in [0.5, 0.6) is 0 Å². The van der Waals surface area contributed by atoms with Crippen molar-refractivity contribution in [3.8, 4) is 0 Å². The molecule has 96 valence electrons. The molecule has 0 aromatic heterocycles. The Hall–Kier alpha value is -1.32. The Labute approximate surface area is 102 Å². The molecule has 0 fully saturated rings. The molecule has 0 saturated carbocycles. The molecular weight excluding hydrogens is 218 g/mol. The van der Waals surface area contributed by atoms with Crippen LogP contribution in [0.4, 0.5) is 0 Å². The lowest BCUT2D eigenvalue weighted by Gasteiger charge is -2.21. The van der Waals surface area contributed by atoms with Gasteiger partial charge in [-0.15, -0.1) is 0 Å². The molecule has 0 saturated heterocycles. The van der Waals surface area contributed by atoms with E-state index in [1.165, 1.54) is 0 Å². The van der Waals surface area contributed by atoms with Crippen molar-refractivity contribution >= 4 is 11.9 Å². The number of hydrogen-bond donors (Lipinski definition) is 2. The topological polar surface area (TPSA) is 66.4 Å². The van der Waals surface area contributed by atoms with Crippen LogP contribution in [0.3, 0.4) is 0 Å². The highest BCUT2D eigenvalue weighted by Crippen LogP contribution is 2.18. The maximum absolute atomic E-state index is 11.9. The predicted octanol–water partition coefficient (Wildman–Crippen LogP) is 1.96. The number of allylic oxidation sites excluding steroid dienone is 2. The summed E-state index contributed by atoms with van der Waals surface area (Å²) < 4.78 is 0. The molecule has 0 aliphatic heterocycles. The lowest BCUT2D eigenvalue weighted by Crippen LogP contribution is -2.44. The third kappa shape index (κ3) is 4.59. The molecular formula is C13H21NO3. The SMILES string of the molecule is CC(C)C[C@@H](NC(=O)C1CC=CCC1)C(=O)O. The minimum absolute atomic E-state index is 0.0611. The summed E-state index contributed by atoms with van der Waals surface area (Å²) in [7, 11) is 0. The first-order valence-corrected chi connectivity index (χ1v) is 6.19. The Balaban J connectivity index is 2.51. The first-order valence-electron chi connectivity index (χ1n) is 6.19. The van der Waals surface area contributed by atoms with E-state index in [1.54, 1.807) is 0 Å². The zero-order chi connectivity index (χ0) is 12.8. The lowest BCUT2D eigenvalue weighted by atomic mass is 9.93. The molecule has 4 nitrogen and oxygen atoms in total. The summed E-state index contributed by atoms with van der Waals surface area (Å²) in [5.41, 5.74) is 0. The van der Waals surface area contributed by atoms with E-state index in [2.05, 4.69) is 11.4 Å². The molecule has 1 rings (SSSR count). The standard InChI is InChI=1S/C13H21NO3/c1-9(2)8-11(13(16)17)14-12(15)10-6-4-3-5-7-10/h3-4,9-11H,5-8H2,1-2H3,(H,14,15)(H,16,17)/t10?,11-/m1/s1. The molecule has 1 amide bonds. The van der Waals surface area contributed by atoms with Gasteiger partial charge in [-0.1, -0.05) is 26.0 Å². The monoisotopic (exact) mass is 239 g/mol. The summed E-state index contributed by atoms with van der Waals surface area (Å²) in [6.07, 6.45) is 6.97. The van der Waals surface area contributed by atoms with Crippen LogP contribution < -0.4 is 5.32 Å². The highest BCUT2D eigenvalue weighted by atomic mass is 16.4. The van der Waals surface area contributed by atoms with Crippen LogP contribution in [0.2, 0.25) is 0 Å². The lowest BCUT2D eigenvalue weighted by molar-refractivity contribution is -0.143. The molecule has 2 N–H and O–H groups in total. The van der Waals surface area contributed by atoms with Crippen molar-refractivity contribution in [1.29, 1.82) is 0 Å². The van der Waals surface area contributed by atoms with Crippen molar-refractivity contribution in [2.45, 2.75) is 45.6 Å². The Kier molecular flexibility index (Phi) is 5.19. The highest BCUT2D eigenvalue weighted by molar-refractivity contribution is 5.85. The van der Waals surface area contributed by atoms with Gasteiger partial charge in [0.1, 0.15) is 6.04 Å². The molecule has 0 aromatic carbocycles. The first-order chi connectivity index (χ1) is 8.00. The van der Waals surface area contributed by atoms with Gasteiger partial charge >= 0.3 is 5.97 Å². The van der Waals surface area contributed by atoms with Gasteiger partial charge in [-0.3, -0.25) is 4.79 Å². The van der Waals surface area contributed by atoms with Crippen LogP contribution in [0.1, 0.15) is 39.5 Å². The molecule has 0 aromatic rings. The molecule has 0 radical (unpaired) electrons. The zero-order valence-electron chi connectivity index (χ0n) is 10.5. The van der Waals surface area contributed by atoms with E-state index >= 15 is 0 Å². The number of nitrogens with one attached hydrogen (secondary N) is 1. The molecule has 1 aliphatic rings. The molecule has 2 atom stereocenters. The second kappa shape index (κ2) is 6.42. The third-order valence-corrected chi connectivity index (χ3v) is 2.96. The summed E-state index contributed by atoms with van der Waals surface area (Å²) in [5.74, 6) is -0.877. The normalized spacial score (nSPS) is 21.2. The van der Waals surface area contributed by atoms with Crippen molar-refractivity contribution in [1.82, 2.24) is 5.32 Å². The van der Waals surface area contributed by atoms with Gasteiger partial charge in [-0.05, 0) is 31.6 Å². The van der Waals surface area contributed by atoms with Crippen LogP contribution >= 0.6 is 0 Å². The van der Waals surface area contributed by atoms with Crippen molar-refractivity contribution in [3.05, 3.63) is 12.2 Å². The molecule has 0 spiro atoms. The number of aliphatic carboxylic acids is 1. The van der Waals surface area contributed by atoms with Crippen molar-refractivity contribution in [2.24, 2.45) is 11.8 Å². The van der Waals surface area contributed by atoms with E-state index in [4.69, 9.17) is 5.11 Å². The fourth-order valence-corrected chi connectivity index (χ4v) is 2.01. The van der Waals surface area contributed by atoms with Gasteiger partial charge in [0.2, 0.25) is 5.91 Å². The maximum atomic E-state index is 11.9. The highest BCUT2D eigenvalue weighted by Gasteiger charge is 2.25. The van der Waals surface area contributed by atoms with E-state index in [1.807, 2.05) is 19.9 Å². The number of carboxylic acids is 1. The van der Waals surface area contributed by atoms with Crippen LogP contribution in [-0.2, 0) is 9.59 Å². The van der Waals surface area contributed by atoms with Gasteiger partial charge < -0.3 is 10.4 Å². The average Bonchev–Trinajstić information content (AvgIpc) is 2.28. The number of rotatable bonds is 5. The fourth-order valence-electron chi connectivity index (χ4n) is 2.01. The molecule has 1 aliphatic carbocycles. The number of carbonyl (C=O) groups is 2. The molecule has 0 bridgehead atoms. The third-order valence-electron chi connectivity index (χ3n) is 2.96. The van der Waals surface area contributed by atoms with Gasteiger partial charge in [0.15, 0.2) is 0 Å². The van der Waals surface area contributed by atoms with E-state index in [0.29, 0.717) is 6.42 Å². The maximum Gasteiger partial charge on any atom is 0.326 e. The average molecular weight is 239 g/mol. The smallest absolute Gasteiger partial charge is 0.326 e. The van der Waals surface area contributed by atoms with E-state index in [0.717, 1.165) is 19.3 Å². The van der Waals surface area contributed by atoms with Gasteiger partial charge in [-0.2, -0.15) is 0 Å². The number of amides is 1. The summed E-state index contributed by atoms with van der Waals surface area (Å²) in [6.45, 7) is 3.90. The molecule has 17 heavy (non-hydrogen) atoms. The van der Waals surface area contributed by atoms with E-state index in [9.17, 15) is 9.59 Å². The van der Waals surface area contributed by atoms with Crippen LogP contribution in [0.15, 0.2) is 12.2 Å². The van der Waals surface area contributed by atoms with Crippen molar-refractivity contribution < 1.29 is 14.7 Å². The second-order valence-electron chi connectivity index (χ2n) is 5.01. The largest absolute Gasteiger partial charge is 0.480 e. The summed E-state index contributed by atoms with van der Waals surface area (Å²) in [4.78, 5) is 22.9. The summed E-state index contributed by atoms with van der Waals surface area (Å²) >= 11 is 0. The molecule has 1 unspecified atom stereocenters. The quantitative estimate of drug-likeness (QED) is 0.721.